The largest absolute Gasteiger partial charge is 0.445 e. The molecular weight excluding hydrogens is 158 g/mol. The van der Waals surface area contributed by atoms with Gasteiger partial charge in [0.1, 0.15) is 0 Å². The first kappa shape index (κ1) is 8.35. The third-order valence-electron chi connectivity index (χ3n) is 1.15. The molecule has 0 radical (unpaired) electrons. The van der Waals surface area contributed by atoms with Crippen LogP contribution in [0.5, 0.6) is 0 Å². The Kier molecular flexibility index (Phi) is 2.92. The van der Waals surface area contributed by atoms with Gasteiger partial charge in [0.2, 0.25) is 0 Å². The number of para-hydroxylation sites is 1. The molecule has 0 aliphatic rings. The monoisotopic (exact) mass is 167 g/mol. The van der Waals surface area contributed by atoms with Crippen LogP contribution in [-0.2, 0) is 4.84 Å². The Hall–Kier alpha value is -1.75. The first-order valence-electron chi connectivity index (χ1n) is 3.31. The maximum atomic E-state index is 10.5. The van der Waals surface area contributed by atoms with Gasteiger partial charge in [-0.2, -0.15) is 0 Å². The summed E-state index contributed by atoms with van der Waals surface area (Å²) in [5, 5.41) is 0. The predicted octanol–water partition coefficient (Wildman–Crippen LogP) is 0.613. The number of rotatable bonds is 2. The lowest BCUT2D eigenvalue weighted by molar-refractivity contribution is 0.170. The number of anilines is 1. The summed E-state index contributed by atoms with van der Waals surface area (Å²) in [6.45, 7) is 0. The van der Waals surface area contributed by atoms with Gasteiger partial charge in [-0.1, -0.05) is 18.2 Å². The molecule has 0 spiro atoms. The van der Waals surface area contributed by atoms with Crippen molar-refractivity contribution >= 4 is 11.8 Å². The van der Waals surface area contributed by atoms with Crippen molar-refractivity contribution in [3.63, 3.8) is 0 Å². The van der Waals surface area contributed by atoms with Gasteiger partial charge in [0.05, 0.1) is 5.69 Å². The van der Waals surface area contributed by atoms with E-state index in [1.807, 2.05) is 23.6 Å². The average molecular weight is 167 g/mol. The van der Waals surface area contributed by atoms with Crippen molar-refractivity contribution in [3.05, 3.63) is 30.3 Å². The van der Waals surface area contributed by atoms with Crippen LogP contribution >= 0.6 is 0 Å². The third-order valence-corrected chi connectivity index (χ3v) is 1.15. The van der Waals surface area contributed by atoms with Gasteiger partial charge in [0.15, 0.2) is 0 Å². The van der Waals surface area contributed by atoms with Gasteiger partial charge in [-0.3, -0.25) is 5.43 Å². The molecule has 0 aliphatic carbocycles. The van der Waals surface area contributed by atoms with Crippen molar-refractivity contribution < 1.29 is 9.63 Å². The zero-order valence-electron chi connectivity index (χ0n) is 6.28. The average Bonchev–Trinajstić information content (AvgIpc) is 2.16. The highest BCUT2D eigenvalue weighted by atomic mass is 16.7. The van der Waals surface area contributed by atoms with E-state index >= 15 is 0 Å². The highest BCUT2D eigenvalue weighted by Crippen LogP contribution is 2.03. The molecule has 1 aromatic carbocycles. The molecule has 12 heavy (non-hydrogen) atoms. The van der Waals surface area contributed by atoms with E-state index < -0.39 is 6.09 Å². The zero-order chi connectivity index (χ0) is 8.81. The van der Waals surface area contributed by atoms with Crippen LogP contribution < -0.4 is 16.7 Å². The Morgan fingerprint density at radius 1 is 1.33 bits per heavy atom. The lowest BCUT2D eigenvalue weighted by atomic mass is 10.3. The van der Waals surface area contributed by atoms with Crippen LogP contribution in [0.3, 0.4) is 0 Å². The van der Waals surface area contributed by atoms with Gasteiger partial charge in [-0.25, -0.2) is 16.1 Å². The smallest absolute Gasteiger partial charge is 0.323 e. The molecule has 0 fully saturated rings. The Labute approximate surface area is 69.4 Å². The molecular formula is C7H9N3O2. The van der Waals surface area contributed by atoms with Crippen LogP contribution in [0, 0.1) is 0 Å². The number of hydrogen-bond donors (Lipinski definition) is 3. The first-order valence-corrected chi connectivity index (χ1v) is 3.31. The number of amides is 1. The van der Waals surface area contributed by atoms with Crippen molar-refractivity contribution in [1.29, 1.82) is 0 Å². The van der Waals surface area contributed by atoms with E-state index in [0.29, 0.717) is 5.69 Å². The normalized spacial score (nSPS) is 8.75. The summed E-state index contributed by atoms with van der Waals surface area (Å²) in [4.78, 5) is 14.9. The summed E-state index contributed by atoms with van der Waals surface area (Å²) >= 11 is 0. The number of carbonyl (C=O) groups is 1. The second kappa shape index (κ2) is 4.20. The molecule has 0 atom stereocenters. The highest BCUT2D eigenvalue weighted by Gasteiger charge is 1.96. The van der Waals surface area contributed by atoms with Crippen molar-refractivity contribution in [3.8, 4) is 0 Å². The summed E-state index contributed by atoms with van der Waals surface area (Å²) in [5.41, 5.74) is 4.90. The van der Waals surface area contributed by atoms with Crippen molar-refractivity contribution in [2.24, 2.45) is 5.84 Å². The zero-order valence-corrected chi connectivity index (χ0v) is 6.28. The Morgan fingerprint density at radius 2 is 2.00 bits per heavy atom. The van der Waals surface area contributed by atoms with Gasteiger partial charge < -0.3 is 4.84 Å². The topological polar surface area (TPSA) is 76.4 Å². The number of benzene rings is 1. The summed E-state index contributed by atoms with van der Waals surface area (Å²) in [5.74, 6) is 4.77. The molecule has 0 saturated carbocycles. The molecule has 4 N–H and O–H groups in total. The maximum Gasteiger partial charge on any atom is 0.445 e. The molecule has 0 unspecified atom stereocenters. The van der Waals surface area contributed by atoms with Crippen LogP contribution in [-0.4, -0.2) is 6.09 Å². The van der Waals surface area contributed by atoms with Gasteiger partial charge in [-0.05, 0) is 12.1 Å². The fourth-order valence-corrected chi connectivity index (χ4v) is 0.641. The molecule has 5 heteroatoms. The van der Waals surface area contributed by atoms with Crippen molar-refractivity contribution in [2.45, 2.75) is 0 Å². The van der Waals surface area contributed by atoms with Gasteiger partial charge in [0.25, 0.3) is 0 Å². The van der Waals surface area contributed by atoms with E-state index in [9.17, 15) is 4.79 Å². The maximum absolute atomic E-state index is 10.5. The number of hydrogen-bond acceptors (Lipinski definition) is 4. The minimum atomic E-state index is -0.737. The number of nitrogens with one attached hydrogen (secondary N) is 2. The minimum absolute atomic E-state index is 0.682. The van der Waals surface area contributed by atoms with E-state index in [1.165, 1.54) is 0 Å². The molecule has 64 valence electrons. The quantitative estimate of drug-likeness (QED) is 0.342. The standard InChI is InChI=1S/C7H9N3O2/c8-9-7(11)12-10-6-4-2-1-3-5-6/h1-5,10H,8H2,(H,9,11). The van der Waals surface area contributed by atoms with E-state index in [0.717, 1.165) is 0 Å². The molecule has 1 amide bonds. The van der Waals surface area contributed by atoms with Gasteiger partial charge in [-0.15, -0.1) is 0 Å². The number of nitrogens with two attached hydrogens (primary N) is 1. The fourth-order valence-electron chi connectivity index (χ4n) is 0.641. The first-order chi connectivity index (χ1) is 5.83. The van der Waals surface area contributed by atoms with Crippen LogP contribution in [0.1, 0.15) is 0 Å². The van der Waals surface area contributed by atoms with Crippen LogP contribution in [0.2, 0.25) is 0 Å². The molecule has 5 nitrogen and oxygen atoms in total. The molecule has 0 saturated heterocycles. The van der Waals surface area contributed by atoms with E-state index in [4.69, 9.17) is 5.84 Å². The number of carbonyl (C=O) groups excluding carboxylic acids is 1. The van der Waals surface area contributed by atoms with E-state index in [-0.39, 0.29) is 0 Å². The lowest BCUT2D eigenvalue weighted by Crippen LogP contribution is -2.32. The van der Waals surface area contributed by atoms with Crippen LogP contribution in [0.4, 0.5) is 10.5 Å². The molecule has 1 rings (SSSR count). The Bertz CT molecular complexity index is 250. The second-order valence-electron chi connectivity index (χ2n) is 2.00. The Balaban J connectivity index is 2.38. The third kappa shape index (κ3) is 2.47. The molecule has 0 aromatic heterocycles. The van der Waals surface area contributed by atoms with Crippen molar-refractivity contribution in [2.75, 3.05) is 5.48 Å². The molecule has 1 aromatic rings. The van der Waals surface area contributed by atoms with E-state index in [1.54, 1.807) is 12.1 Å². The van der Waals surface area contributed by atoms with Crippen molar-refractivity contribution in [1.82, 2.24) is 5.43 Å². The molecule has 0 aliphatic heterocycles. The van der Waals surface area contributed by atoms with E-state index in [2.05, 4.69) is 10.3 Å². The van der Waals surface area contributed by atoms with Gasteiger partial charge in [0, 0.05) is 0 Å². The molecule has 0 bridgehead atoms. The van der Waals surface area contributed by atoms with Crippen LogP contribution in [0.15, 0.2) is 30.3 Å². The number of hydrazine groups is 1. The SMILES string of the molecule is NNC(=O)ONc1ccccc1. The van der Waals surface area contributed by atoms with Gasteiger partial charge >= 0.3 is 6.09 Å². The Morgan fingerprint density at radius 3 is 2.58 bits per heavy atom. The minimum Gasteiger partial charge on any atom is -0.323 e. The summed E-state index contributed by atoms with van der Waals surface area (Å²) < 4.78 is 0. The summed E-state index contributed by atoms with van der Waals surface area (Å²) in [6, 6.07) is 8.99. The predicted molar refractivity (Wildman–Crippen MR) is 43.9 cm³/mol. The second-order valence-corrected chi connectivity index (χ2v) is 2.00. The fraction of sp³-hybridized carbons (Fsp3) is 0. The lowest BCUT2D eigenvalue weighted by Gasteiger charge is -2.04. The van der Waals surface area contributed by atoms with Crippen LogP contribution in [0.25, 0.3) is 0 Å². The molecule has 0 heterocycles. The summed E-state index contributed by atoms with van der Waals surface area (Å²) in [6.07, 6.45) is -0.737. The summed E-state index contributed by atoms with van der Waals surface area (Å²) in [7, 11) is 0. The highest BCUT2D eigenvalue weighted by molar-refractivity contribution is 5.67.